The highest BCUT2D eigenvalue weighted by Crippen LogP contribution is 2.20. The normalized spacial score (nSPS) is 11.8. The van der Waals surface area contributed by atoms with Gasteiger partial charge in [0.15, 0.2) is 0 Å². The molecule has 1 atom stereocenters. The van der Waals surface area contributed by atoms with Gasteiger partial charge in [0.05, 0.1) is 13.1 Å². The van der Waals surface area contributed by atoms with Crippen LogP contribution in [0.2, 0.25) is 10.0 Å². The van der Waals surface area contributed by atoms with Gasteiger partial charge in [-0.05, 0) is 56.2 Å². The molecule has 0 radical (unpaired) electrons. The van der Waals surface area contributed by atoms with Gasteiger partial charge in [0, 0.05) is 28.3 Å². The zero-order valence-electron chi connectivity index (χ0n) is 16.3. The Hall–Kier alpha value is -2.08. The molecule has 5 nitrogen and oxygen atoms in total. The number of nitrogens with one attached hydrogen (secondary N) is 2. The van der Waals surface area contributed by atoms with Gasteiger partial charge in [-0.25, -0.2) is 0 Å². The second kappa shape index (κ2) is 10.5. The lowest BCUT2D eigenvalue weighted by Gasteiger charge is -2.22. The number of anilines is 1. The van der Waals surface area contributed by atoms with Crippen LogP contribution < -0.4 is 10.6 Å². The summed E-state index contributed by atoms with van der Waals surface area (Å²) in [7, 11) is 0. The molecule has 2 aromatic carbocycles. The lowest BCUT2D eigenvalue weighted by atomic mass is 10.1. The van der Waals surface area contributed by atoms with E-state index in [0.717, 1.165) is 11.1 Å². The molecular weight excluding hydrogens is 397 g/mol. The Morgan fingerprint density at radius 2 is 1.82 bits per heavy atom. The van der Waals surface area contributed by atoms with E-state index in [-0.39, 0.29) is 30.9 Å². The summed E-state index contributed by atoms with van der Waals surface area (Å²) in [6, 6.07) is 12.8. The van der Waals surface area contributed by atoms with Crippen LogP contribution in [0.25, 0.3) is 0 Å². The summed E-state index contributed by atoms with van der Waals surface area (Å²) in [5, 5.41) is 7.19. The van der Waals surface area contributed by atoms with E-state index in [1.54, 1.807) is 12.1 Å². The van der Waals surface area contributed by atoms with Crippen molar-refractivity contribution in [1.82, 2.24) is 10.2 Å². The van der Waals surface area contributed by atoms with Gasteiger partial charge in [-0.1, -0.05) is 41.4 Å². The van der Waals surface area contributed by atoms with E-state index in [9.17, 15) is 9.59 Å². The smallest absolute Gasteiger partial charge is 0.244 e. The lowest BCUT2D eigenvalue weighted by Crippen LogP contribution is -2.42. The summed E-state index contributed by atoms with van der Waals surface area (Å²) in [6.07, 6.45) is 0. The molecule has 0 heterocycles. The van der Waals surface area contributed by atoms with Crippen LogP contribution in [-0.2, 0) is 9.59 Å². The summed E-state index contributed by atoms with van der Waals surface area (Å²) in [5.41, 5.74) is 2.55. The molecule has 0 unspecified atom stereocenters. The zero-order valence-corrected chi connectivity index (χ0v) is 17.8. The van der Waals surface area contributed by atoms with Crippen molar-refractivity contribution < 1.29 is 9.59 Å². The fraction of sp³-hybridized carbons (Fsp3) is 0.333. The summed E-state index contributed by atoms with van der Waals surface area (Å²) < 4.78 is 0. The second-order valence-corrected chi connectivity index (χ2v) is 7.45. The third-order valence-electron chi connectivity index (χ3n) is 4.45. The van der Waals surface area contributed by atoms with Gasteiger partial charge in [-0.3, -0.25) is 9.59 Å². The highest BCUT2D eigenvalue weighted by atomic mass is 35.5. The van der Waals surface area contributed by atoms with Crippen molar-refractivity contribution in [2.75, 3.05) is 25.0 Å². The Balaban J connectivity index is 1.90. The van der Waals surface area contributed by atoms with Gasteiger partial charge in [0.25, 0.3) is 0 Å². The van der Waals surface area contributed by atoms with Gasteiger partial charge in [-0.2, -0.15) is 0 Å². The molecule has 2 amide bonds. The number of hydrogen-bond acceptors (Lipinski definition) is 3. The van der Waals surface area contributed by atoms with Gasteiger partial charge >= 0.3 is 0 Å². The van der Waals surface area contributed by atoms with Gasteiger partial charge < -0.3 is 15.5 Å². The highest BCUT2D eigenvalue weighted by Gasteiger charge is 2.17. The maximum atomic E-state index is 12.5. The molecule has 2 N–H and O–H groups in total. The van der Waals surface area contributed by atoms with Crippen LogP contribution in [0.3, 0.4) is 0 Å². The second-order valence-electron chi connectivity index (χ2n) is 6.57. The van der Waals surface area contributed by atoms with Crippen molar-refractivity contribution in [1.29, 1.82) is 0 Å². The topological polar surface area (TPSA) is 61.4 Å². The standard InChI is InChI=1S/C21H25Cl2N3O2/c1-4-26(13-20(27)25-19-11-18(23)9-8-14(19)2)21(28)12-24-15(3)16-6-5-7-17(22)10-16/h5-11,15,24H,4,12-13H2,1-3H3,(H,25,27)/t15-/m0/s1. The first-order valence-corrected chi connectivity index (χ1v) is 9.88. The first-order valence-electron chi connectivity index (χ1n) is 9.12. The Bertz CT molecular complexity index is 842. The van der Waals surface area contributed by atoms with Crippen LogP contribution >= 0.6 is 23.2 Å². The van der Waals surface area contributed by atoms with Gasteiger partial charge in [0.2, 0.25) is 11.8 Å². The quantitative estimate of drug-likeness (QED) is 0.661. The van der Waals surface area contributed by atoms with E-state index in [2.05, 4.69) is 10.6 Å². The monoisotopic (exact) mass is 421 g/mol. The minimum atomic E-state index is -0.261. The molecule has 2 aromatic rings. The number of carbonyl (C=O) groups excluding carboxylic acids is 2. The average molecular weight is 422 g/mol. The van der Waals surface area contributed by atoms with Crippen LogP contribution in [0.5, 0.6) is 0 Å². The number of halogens is 2. The third-order valence-corrected chi connectivity index (χ3v) is 4.92. The maximum Gasteiger partial charge on any atom is 0.244 e. The van der Waals surface area contributed by atoms with E-state index in [4.69, 9.17) is 23.2 Å². The number of carbonyl (C=O) groups is 2. The molecule has 0 aromatic heterocycles. The van der Waals surface area contributed by atoms with E-state index >= 15 is 0 Å². The van der Waals surface area contributed by atoms with Crippen LogP contribution in [-0.4, -0.2) is 36.3 Å². The molecule has 7 heteroatoms. The Morgan fingerprint density at radius 3 is 2.50 bits per heavy atom. The maximum absolute atomic E-state index is 12.5. The Labute approximate surface area is 176 Å². The number of likely N-dealkylation sites (N-methyl/N-ethyl adjacent to an activating group) is 1. The molecule has 0 saturated carbocycles. The largest absolute Gasteiger partial charge is 0.333 e. The summed E-state index contributed by atoms with van der Waals surface area (Å²) in [4.78, 5) is 26.4. The van der Waals surface area contributed by atoms with Crippen LogP contribution in [0.4, 0.5) is 5.69 Å². The molecule has 0 bridgehead atoms. The predicted molar refractivity (Wildman–Crippen MR) is 115 cm³/mol. The minimum absolute atomic E-state index is 0.0193. The molecule has 0 fully saturated rings. The van der Waals surface area contributed by atoms with E-state index in [0.29, 0.717) is 22.3 Å². The van der Waals surface area contributed by atoms with Gasteiger partial charge in [0.1, 0.15) is 0 Å². The average Bonchev–Trinajstić information content (AvgIpc) is 2.66. The number of nitrogens with zero attached hydrogens (tertiary/aromatic N) is 1. The van der Waals surface area contributed by atoms with E-state index in [1.165, 1.54) is 4.90 Å². The number of hydrogen-bond donors (Lipinski definition) is 2. The zero-order chi connectivity index (χ0) is 20.7. The number of amides is 2. The van der Waals surface area contributed by atoms with Gasteiger partial charge in [-0.15, -0.1) is 0 Å². The van der Waals surface area contributed by atoms with Crippen molar-refractivity contribution >= 4 is 40.7 Å². The minimum Gasteiger partial charge on any atom is -0.333 e. The first kappa shape index (κ1) is 22.2. The summed E-state index contributed by atoms with van der Waals surface area (Å²) in [5.74, 6) is -0.405. The van der Waals surface area contributed by atoms with Crippen molar-refractivity contribution in [3.63, 3.8) is 0 Å². The van der Waals surface area contributed by atoms with Crippen molar-refractivity contribution in [3.8, 4) is 0 Å². The lowest BCUT2D eigenvalue weighted by molar-refractivity contribution is -0.133. The van der Waals surface area contributed by atoms with Crippen molar-refractivity contribution in [2.24, 2.45) is 0 Å². The summed E-state index contributed by atoms with van der Waals surface area (Å²) in [6.45, 7) is 6.24. The molecule has 0 saturated heterocycles. The van der Waals surface area contributed by atoms with Crippen LogP contribution in [0, 0.1) is 6.92 Å². The highest BCUT2D eigenvalue weighted by molar-refractivity contribution is 6.31. The van der Waals surface area contributed by atoms with Crippen molar-refractivity contribution in [2.45, 2.75) is 26.8 Å². The molecule has 0 aliphatic rings. The number of aryl methyl sites for hydroxylation is 1. The van der Waals surface area contributed by atoms with E-state index in [1.807, 2.05) is 51.1 Å². The Morgan fingerprint density at radius 1 is 1.11 bits per heavy atom. The fourth-order valence-electron chi connectivity index (χ4n) is 2.71. The molecule has 0 aliphatic carbocycles. The van der Waals surface area contributed by atoms with Crippen LogP contribution in [0.15, 0.2) is 42.5 Å². The van der Waals surface area contributed by atoms with Crippen molar-refractivity contribution in [3.05, 3.63) is 63.6 Å². The fourth-order valence-corrected chi connectivity index (χ4v) is 3.09. The molecule has 28 heavy (non-hydrogen) atoms. The third kappa shape index (κ3) is 6.51. The molecule has 150 valence electrons. The molecule has 2 rings (SSSR count). The first-order chi connectivity index (χ1) is 13.3. The summed E-state index contributed by atoms with van der Waals surface area (Å²) >= 11 is 12.0. The van der Waals surface area contributed by atoms with Crippen LogP contribution in [0.1, 0.15) is 31.0 Å². The molecular formula is C21H25Cl2N3O2. The number of benzene rings is 2. The number of rotatable bonds is 8. The SMILES string of the molecule is CCN(CC(=O)Nc1cc(Cl)ccc1C)C(=O)CN[C@@H](C)c1cccc(Cl)c1. The van der Waals surface area contributed by atoms with E-state index < -0.39 is 0 Å². The molecule has 0 aliphatic heterocycles. The molecule has 0 spiro atoms. The Kier molecular flexibility index (Phi) is 8.30. The predicted octanol–water partition coefficient (Wildman–Crippen LogP) is 4.44.